The van der Waals surface area contributed by atoms with E-state index >= 15 is 0 Å². The zero-order chi connectivity index (χ0) is 16.3. The molecule has 1 heterocycles. The summed E-state index contributed by atoms with van der Waals surface area (Å²) < 4.78 is 0. The summed E-state index contributed by atoms with van der Waals surface area (Å²) in [6.07, 6.45) is 0.968. The van der Waals surface area contributed by atoms with E-state index in [4.69, 9.17) is 5.73 Å². The van der Waals surface area contributed by atoms with Crippen molar-refractivity contribution in [3.8, 4) is 0 Å². The van der Waals surface area contributed by atoms with Gasteiger partial charge in [-0.3, -0.25) is 14.5 Å². The largest absolute Gasteiger partial charge is 0.397 e. The van der Waals surface area contributed by atoms with Crippen LogP contribution in [0.4, 0.5) is 16.2 Å². The third-order valence-electron chi connectivity index (χ3n) is 3.99. The van der Waals surface area contributed by atoms with Gasteiger partial charge < -0.3 is 16.4 Å². The van der Waals surface area contributed by atoms with Crippen LogP contribution in [-0.4, -0.2) is 34.8 Å². The molecule has 4 N–H and O–H groups in total. The van der Waals surface area contributed by atoms with Gasteiger partial charge in [0.15, 0.2) is 0 Å². The molecule has 1 aromatic rings. The highest BCUT2D eigenvalue weighted by atomic mass is 35.5. The molecule has 1 aliphatic rings. The van der Waals surface area contributed by atoms with Gasteiger partial charge in [0.1, 0.15) is 12.1 Å². The number of rotatable bonds is 5. The lowest BCUT2D eigenvalue weighted by molar-refractivity contribution is -0.134. The smallest absolute Gasteiger partial charge is 0.325 e. The summed E-state index contributed by atoms with van der Waals surface area (Å²) in [4.78, 5) is 37.4. The molecule has 0 radical (unpaired) electrons. The second-order valence-electron chi connectivity index (χ2n) is 5.25. The molecule has 23 heavy (non-hydrogen) atoms. The Hall–Kier alpha value is -2.28. The van der Waals surface area contributed by atoms with E-state index in [-0.39, 0.29) is 24.9 Å². The Balaban J connectivity index is 0.00000264. The van der Waals surface area contributed by atoms with Gasteiger partial charge in [-0.1, -0.05) is 26.0 Å². The van der Waals surface area contributed by atoms with Crippen molar-refractivity contribution >= 4 is 41.6 Å². The predicted molar refractivity (Wildman–Crippen MR) is 90.3 cm³/mol. The summed E-state index contributed by atoms with van der Waals surface area (Å²) in [6.45, 7) is 3.33. The Kier molecular flexibility index (Phi) is 5.98. The number of halogens is 1. The monoisotopic (exact) mass is 340 g/mol. The van der Waals surface area contributed by atoms with Crippen molar-refractivity contribution in [2.75, 3.05) is 17.6 Å². The van der Waals surface area contributed by atoms with Crippen LogP contribution in [0.25, 0.3) is 0 Å². The Morgan fingerprint density at radius 3 is 2.39 bits per heavy atom. The van der Waals surface area contributed by atoms with Crippen LogP contribution >= 0.6 is 12.4 Å². The molecule has 0 atom stereocenters. The van der Waals surface area contributed by atoms with Crippen LogP contribution in [0.3, 0.4) is 0 Å². The number of nitrogens with two attached hydrogens (primary N) is 1. The average Bonchev–Trinajstić information content (AvgIpc) is 2.74. The number of carbonyl (C=O) groups is 3. The zero-order valence-corrected chi connectivity index (χ0v) is 13.9. The highest BCUT2D eigenvalue weighted by Crippen LogP contribution is 2.25. The predicted octanol–water partition coefficient (Wildman–Crippen LogP) is 1.74. The maximum atomic E-state index is 12.4. The molecule has 126 valence electrons. The van der Waals surface area contributed by atoms with Gasteiger partial charge in [0, 0.05) is 0 Å². The van der Waals surface area contributed by atoms with Gasteiger partial charge in [-0.2, -0.15) is 0 Å². The lowest BCUT2D eigenvalue weighted by Crippen LogP contribution is -2.46. The number of benzene rings is 1. The van der Waals surface area contributed by atoms with Gasteiger partial charge in [0.05, 0.1) is 11.4 Å². The summed E-state index contributed by atoms with van der Waals surface area (Å²) in [5, 5.41) is 5.28. The molecule has 4 amide bonds. The fourth-order valence-electron chi connectivity index (χ4n) is 2.49. The number of carbonyl (C=O) groups excluding carboxylic acids is 3. The van der Waals surface area contributed by atoms with Gasteiger partial charge in [-0.25, -0.2) is 4.79 Å². The summed E-state index contributed by atoms with van der Waals surface area (Å²) in [7, 11) is 0. The number of urea groups is 1. The maximum Gasteiger partial charge on any atom is 0.325 e. The summed E-state index contributed by atoms with van der Waals surface area (Å²) in [5.74, 6) is -0.830. The first-order valence-electron chi connectivity index (χ1n) is 7.22. The number of nitrogen functional groups attached to an aromatic ring is 1. The Morgan fingerprint density at radius 2 is 1.87 bits per heavy atom. The number of nitrogens with one attached hydrogen (secondary N) is 2. The van der Waals surface area contributed by atoms with E-state index < -0.39 is 17.5 Å². The minimum absolute atomic E-state index is 0. The molecule has 0 bridgehead atoms. The van der Waals surface area contributed by atoms with Gasteiger partial charge >= 0.3 is 6.03 Å². The SMILES string of the molecule is CCC1(CC)NC(=O)N(CC(=O)Nc2ccccc2N)C1=O.Cl. The second kappa shape index (κ2) is 7.32. The Morgan fingerprint density at radius 1 is 1.26 bits per heavy atom. The molecule has 1 aromatic carbocycles. The molecular weight excluding hydrogens is 320 g/mol. The maximum absolute atomic E-state index is 12.4. The first-order valence-corrected chi connectivity index (χ1v) is 7.22. The van der Waals surface area contributed by atoms with E-state index in [1.165, 1.54) is 0 Å². The van der Waals surface area contributed by atoms with Crippen molar-refractivity contribution in [2.45, 2.75) is 32.2 Å². The standard InChI is InChI=1S/C15H20N4O3.ClH/c1-3-15(4-2)13(21)19(14(22)18-15)9-12(20)17-11-8-6-5-7-10(11)16;/h5-8H,3-4,9,16H2,1-2H3,(H,17,20)(H,18,22);1H. The van der Waals surface area contributed by atoms with Crippen LogP contribution in [0.2, 0.25) is 0 Å². The van der Waals surface area contributed by atoms with Gasteiger partial charge in [-0.05, 0) is 25.0 Å². The molecule has 1 fully saturated rings. The molecule has 0 unspecified atom stereocenters. The van der Waals surface area contributed by atoms with Gasteiger partial charge in [0.25, 0.3) is 5.91 Å². The Bertz CT molecular complexity index is 616. The summed E-state index contributed by atoms with van der Waals surface area (Å²) >= 11 is 0. The molecule has 8 heteroatoms. The van der Waals surface area contributed by atoms with Crippen LogP contribution < -0.4 is 16.4 Å². The van der Waals surface area contributed by atoms with Crippen molar-refractivity contribution in [3.63, 3.8) is 0 Å². The van der Waals surface area contributed by atoms with Crippen LogP contribution in [0.1, 0.15) is 26.7 Å². The number of anilines is 2. The van der Waals surface area contributed by atoms with E-state index in [9.17, 15) is 14.4 Å². The topological polar surface area (TPSA) is 105 Å². The molecule has 7 nitrogen and oxygen atoms in total. The van der Waals surface area contributed by atoms with E-state index in [0.717, 1.165) is 4.90 Å². The number of hydrogen-bond acceptors (Lipinski definition) is 4. The lowest BCUT2D eigenvalue weighted by Gasteiger charge is -2.23. The number of nitrogens with zero attached hydrogens (tertiary/aromatic N) is 1. The number of para-hydroxylation sites is 2. The van der Waals surface area contributed by atoms with Crippen LogP contribution in [-0.2, 0) is 9.59 Å². The highest BCUT2D eigenvalue weighted by Gasteiger charge is 2.49. The quantitative estimate of drug-likeness (QED) is 0.561. The van der Waals surface area contributed by atoms with E-state index in [1.54, 1.807) is 24.3 Å². The molecule has 1 saturated heterocycles. The molecule has 0 spiro atoms. The van der Waals surface area contributed by atoms with Crippen molar-refractivity contribution in [2.24, 2.45) is 0 Å². The van der Waals surface area contributed by atoms with Crippen molar-refractivity contribution in [3.05, 3.63) is 24.3 Å². The molecule has 2 rings (SSSR count). The first kappa shape index (κ1) is 18.8. The third-order valence-corrected chi connectivity index (χ3v) is 3.99. The Labute approximate surface area is 141 Å². The average molecular weight is 341 g/mol. The summed E-state index contributed by atoms with van der Waals surface area (Å²) in [5.41, 5.74) is 5.72. The number of hydrogen-bond donors (Lipinski definition) is 3. The van der Waals surface area contributed by atoms with Gasteiger partial charge in [0.2, 0.25) is 5.91 Å². The third kappa shape index (κ3) is 3.56. The molecule has 0 aromatic heterocycles. The van der Waals surface area contributed by atoms with E-state index in [1.807, 2.05) is 13.8 Å². The van der Waals surface area contributed by atoms with Crippen molar-refractivity contribution in [1.82, 2.24) is 10.2 Å². The van der Waals surface area contributed by atoms with Gasteiger partial charge in [-0.15, -0.1) is 12.4 Å². The zero-order valence-electron chi connectivity index (χ0n) is 13.1. The number of amides is 4. The second-order valence-corrected chi connectivity index (χ2v) is 5.25. The molecule has 1 aliphatic heterocycles. The summed E-state index contributed by atoms with van der Waals surface area (Å²) in [6, 6.07) is 6.26. The van der Waals surface area contributed by atoms with Crippen molar-refractivity contribution in [1.29, 1.82) is 0 Å². The highest BCUT2D eigenvalue weighted by molar-refractivity contribution is 6.10. The van der Waals surface area contributed by atoms with Crippen LogP contribution in [0, 0.1) is 0 Å². The number of imide groups is 1. The normalized spacial score (nSPS) is 15.8. The van der Waals surface area contributed by atoms with E-state index in [2.05, 4.69) is 10.6 Å². The van der Waals surface area contributed by atoms with Crippen LogP contribution in [0.15, 0.2) is 24.3 Å². The lowest BCUT2D eigenvalue weighted by atomic mass is 9.93. The first-order chi connectivity index (χ1) is 10.4. The molecule has 0 aliphatic carbocycles. The fraction of sp³-hybridized carbons (Fsp3) is 0.400. The fourth-order valence-corrected chi connectivity index (χ4v) is 2.49. The molecule has 0 saturated carbocycles. The minimum Gasteiger partial charge on any atom is -0.397 e. The molecular formula is C15H21ClN4O3. The van der Waals surface area contributed by atoms with Crippen LogP contribution in [0.5, 0.6) is 0 Å². The minimum atomic E-state index is -0.900. The van der Waals surface area contributed by atoms with E-state index in [0.29, 0.717) is 24.2 Å². The van der Waals surface area contributed by atoms with Crippen molar-refractivity contribution < 1.29 is 14.4 Å².